The van der Waals surface area contributed by atoms with Crippen LogP contribution in [0.1, 0.15) is 26.5 Å². The van der Waals surface area contributed by atoms with Crippen molar-refractivity contribution in [1.82, 2.24) is 14.7 Å². The van der Waals surface area contributed by atoms with Crippen molar-refractivity contribution in [3.8, 4) is 0 Å². The highest BCUT2D eigenvalue weighted by atomic mass is 35.5. The fourth-order valence-electron chi connectivity index (χ4n) is 3.43. The lowest BCUT2D eigenvalue weighted by molar-refractivity contribution is 0.407. The average molecular weight is 412 g/mol. The van der Waals surface area contributed by atoms with Crippen molar-refractivity contribution in [2.45, 2.75) is 32.9 Å². The Hall–Kier alpha value is -2.70. The van der Waals surface area contributed by atoms with Gasteiger partial charge in [-0.15, -0.1) is 0 Å². The molecule has 1 aliphatic heterocycles. The molecule has 1 fully saturated rings. The smallest absolute Gasteiger partial charge is 0.258 e. The number of anilines is 1. The van der Waals surface area contributed by atoms with E-state index in [0.29, 0.717) is 39.7 Å². The van der Waals surface area contributed by atoms with Gasteiger partial charge in [0.2, 0.25) is 0 Å². The number of allylic oxidation sites excluding steroid dienone is 4. The van der Waals surface area contributed by atoms with Crippen molar-refractivity contribution < 1.29 is 0 Å². The molecule has 1 aliphatic rings. The maximum absolute atomic E-state index is 12.7. The summed E-state index contributed by atoms with van der Waals surface area (Å²) in [4.78, 5) is 23.6. The van der Waals surface area contributed by atoms with Crippen molar-refractivity contribution >= 4 is 34.7 Å². The number of aromatic nitrogens is 2. The fourth-order valence-corrected chi connectivity index (χ4v) is 3.61. The Kier molecular flexibility index (Phi) is 6.35. The molecule has 0 unspecified atom stereocenters. The zero-order valence-corrected chi connectivity index (χ0v) is 17.8. The number of fused-ring (bicyclic) bond motifs is 1. The van der Waals surface area contributed by atoms with Crippen LogP contribution in [0.25, 0.3) is 11.2 Å². The van der Waals surface area contributed by atoms with E-state index in [2.05, 4.69) is 47.2 Å². The van der Waals surface area contributed by atoms with Crippen LogP contribution in [0.15, 0.2) is 64.1 Å². The zero-order chi connectivity index (χ0) is 21.1. The molecule has 0 radical (unpaired) electrons. The van der Waals surface area contributed by atoms with Gasteiger partial charge in [0, 0.05) is 49.3 Å². The first kappa shape index (κ1) is 21.0. The Morgan fingerprint density at radius 2 is 2.00 bits per heavy atom. The van der Waals surface area contributed by atoms with E-state index in [1.54, 1.807) is 17.4 Å². The van der Waals surface area contributed by atoms with Gasteiger partial charge in [-0.05, 0) is 44.6 Å². The molecule has 0 bridgehead atoms. The van der Waals surface area contributed by atoms with Crippen LogP contribution in [0.2, 0.25) is 0 Å². The molecule has 0 aromatic carbocycles. The highest BCUT2D eigenvalue weighted by molar-refractivity contribution is 6.40. The maximum Gasteiger partial charge on any atom is 0.258 e. The van der Waals surface area contributed by atoms with Gasteiger partial charge in [0.05, 0.1) is 16.4 Å². The maximum atomic E-state index is 12.7. The van der Waals surface area contributed by atoms with E-state index in [1.165, 1.54) is 12.3 Å². The number of hydrogen-bond donors (Lipinski definition) is 1. The Morgan fingerprint density at radius 1 is 1.31 bits per heavy atom. The zero-order valence-electron chi connectivity index (χ0n) is 17.0. The summed E-state index contributed by atoms with van der Waals surface area (Å²) < 4.78 is 1.57. The van der Waals surface area contributed by atoms with E-state index in [0.717, 1.165) is 18.8 Å². The number of nitrogens with one attached hydrogen (secondary N) is 1. The molecule has 152 valence electrons. The van der Waals surface area contributed by atoms with Gasteiger partial charge in [-0.25, -0.2) is 4.98 Å². The third kappa shape index (κ3) is 5.22. The normalized spacial score (nSPS) is 20.4. The summed E-state index contributed by atoms with van der Waals surface area (Å²) in [5, 5.41) is 3.90. The lowest BCUT2D eigenvalue weighted by atomic mass is 10.1. The minimum absolute atomic E-state index is 0.163. The summed E-state index contributed by atoms with van der Waals surface area (Å²) in [5.41, 5.74) is 3.07. The molecule has 6 nitrogen and oxygen atoms in total. The van der Waals surface area contributed by atoms with E-state index < -0.39 is 0 Å². The molecule has 3 rings (SSSR count). The van der Waals surface area contributed by atoms with Crippen molar-refractivity contribution in [3.05, 3.63) is 70.4 Å². The van der Waals surface area contributed by atoms with Gasteiger partial charge in [-0.1, -0.05) is 24.8 Å². The minimum Gasteiger partial charge on any atom is -0.367 e. The average Bonchev–Trinajstić information content (AvgIpc) is 2.65. The lowest BCUT2D eigenvalue weighted by Crippen LogP contribution is -2.54. The van der Waals surface area contributed by atoms with Crippen LogP contribution in [0.4, 0.5) is 5.69 Å². The molecule has 1 N–H and O–H groups in total. The Bertz CT molecular complexity index is 1060. The molecule has 0 aliphatic carbocycles. The first-order chi connectivity index (χ1) is 13.7. The van der Waals surface area contributed by atoms with Crippen molar-refractivity contribution in [2.75, 3.05) is 18.0 Å². The van der Waals surface area contributed by atoms with Gasteiger partial charge in [-0.3, -0.25) is 14.2 Å². The molecular weight excluding hydrogens is 386 g/mol. The van der Waals surface area contributed by atoms with Crippen LogP contribution in [0.3, 0.4) is 0 Å². The van der Waals surface area contributed by atoms with Gasteiger partial charge in [0.25, 0.3) is 5.56 Å². The van der Waals surface area contributed by atoms with E-state index in [4.69, 9.17) is 11.6 Å². The number of pyridine rings is 1. The number of halogens is 1. The van der Waals surface area contributed by atoms with E-state index in [1.807, 2.05) is 18.3 Å². The number of rotatable bonds is 5. The predicted molar refractivity (Wildman–Crippen MR) is 122 cm³/mol. The molecule has 3 heterocycles. The van der Waals surface area contributed by atoms with E-state index in [-0.39, 0.29) is 5.56 Å². The monoisotopic (exact) mass is 411 g/mol. The Labute approximate surface area is 175 Å². The van der Waals surface area contributed by atoms with E-state index in [9.17, 15) is 4.79 Å². The number of nitrogens with zero attached hydrogens (tertiary/aromatic N) is 4. The van der Waals surface area contributed by atoms with Gasteiger partial charge in [-0.2, -0.15) is 0 Å². The second-order valence-electron chi connectivity index (χ2n) is 7.52. The summed E-state index contributed by atoms with van der Waals surface area (Å²) in [7, 11) is 0. The highest BCUT2D eigenvalue weighted by Crippen LogP contribution is 2.19. The standard InChI is InChI=1S/C22H26ClN5O/c1-14(2)24-10-18(23)8-15(3)20-9-22(29)28-13-19(6-7-21(28)26-20)27-11-16(4)25-17(5)12-27/h6-10,13,16-17,25H,1,3,11-12H2,2,4-5H3/b18-8+,24-10?/t16-,17+. The van der Waals surface area contributed by atoms with Crippen LogP contribution in [0.5, 0.6) is 0 Å². The van der Waals surface area contributed by atoms with Gasteiger partial charge >= 0.3 is 0 Å². The van der Waals surface area contributed by atoms with Gasteiger partial charge in [0.15, 0.2) is 0 Å². The molecule has 2 aromatic heterocycles. The number of hydrogen-bond acceptors (Lipinski definition) is 5. The molecule has 1 saturated heterocycles. The third-order valence-electron chi connectivity index (χ3n) is 4.62. The molecule has 2 atom stereocenters. The van der Waals surface area contributed by atoms with Crippen LogP contribution >= 0.6 is 11.6 Å². The summed E-state index contributed by atoms with van der Waals surface area (Å²) >= 11 is 6.15. The molecule has 0 amide bonds. The van der Waals surface area contributed by atoms with Crippen molar-refractivity contribution in [3.63, 3.8) is 0 Å². The lowest BCUT2D eigenvalue weighted by Gasteiger charge is -2.37. The molecule has 0 spiro atoms. The predicted octanol–water partition coefficient (Wildman–Crippen LogP) is 3.62. The van der Waals surface area contributed by atoms with Crippen LogP contribution in [-0.2, 0) is 0 Å². The first-order valence-electron chi connectivity index (χ1n) is 9.53. The van der Waals surface area contributed by atoms with E-state index >= 15 is 0 Å². The molecule has 29 heavy (non-hydrogen) atoms. The minimum atomic E-state index is -0.163. The Morgan fingerprint density at radius 3 is 2.66 bits per heavy atom. The van der Waals surface area contributed by atoms with Crippen LogP contribution < -0.4 is 15.8 Å². The SMILES string of the molecule is C=C(C)N=C/C(Cl)=C\C(=C)c1cc(=O)n2cc(N3C[C@@H](C)N[C@@H](C)C3)ccc2n1. The quantitative estimate of drug-likeness (QED) is 0.603. The number of piperazine rings is 1. The van der Waals surface area contributed by atoms with Crippen molar-refractivity contribution in [2.24, 2.45) is 4.99 Å². The molecule has 0 saturated carbocycles. The molecular formula is C22H26ClN5O. The summed E-state index contributed by atoms with van der Waals surface area (Å²) in [6.45, 7) is 15.5. The second kappa shape index (κ2) is 8.76. The topological polar surface area (TPSA) is 62.0 Å². The summed E-state index contributed by atoms with van der Waals surface area (Å²) in [6, 6.07) is 6.11. The fraction of sp³-hybridized carbons (Fsp3) is 0.318. The Balaban J connectivity index is 1.90. The number of aliphatic imine (C=N–C) groups is 1. The molecule has 7 heteroatoms. The highest BCUT2D eigenvalue weighted by Gasteiger charge is 2.21. The van der Waals surface area contributed by atoms with Crippen molar-refractivity contribution in [1.29, 1.82) is 0 Å². The summed E-state index contributed by atoms with van der Waals surface area (Å²) in [5.74, 6) is 0. The van der Waals surface area contributed by atoms with Crippen LogP contribution in [-0.4, -0.2) is 40.8 Å². The second-order valence-corrected chi connectivity index (χ2v) is 7.95. The summed E-state index contributed by atoms with van der Waals surface area (Å²) in [6.07, 6.45) is 4.97. The molecule has 2 aromatic rings. The largest absolute Gasteiger partial charge is 0.367 e. The van der Waals surface area contributed by atoms with Gasteiger partial charge in [0.1, 0.15) is 5.65 Å². The third-order valence-corrected chi connectivity index (χ3v) is 4.82. The first-order valence-corrected chi connectivity index (χ1v) is 9.91. The van der Waals surface area contributed by atoms with Crippen LogP contribution in [0, 0.1) is 0 Å². The van der Waals surface area contributed by atoms with Gasteiger partial charge < -0.3 is 10.2 Å².